The molecule has 0 fully saturated rings. The highest BCUT2D eigenvalue weighted by Gasteiger charge is 2.18. The van der Waals surface area contributed by atoms with Crippen LogP contribution in [-0.2, 0) is 11.2 Å². The third kappa shape index (κ3) is 3.03. The molecule has 0 bridgehead atoms. The van der Waals surface area contributed by atoms with Gasteiger partial charge in [-0.3, -0.25) is 4.79 Å². The number of halogens is 2. The minimum atomic E-state index is -1.24. The molecular formula is C10H7BrFNO2. The number of carboxylic acid groups (broad SMARTS) is 1. The first-order chi connectivity index (χ1) is 7.04. The summed E-state index contributed by atoms with van der Waals surface area (Å²) in [4.78, 5) is 10.6. The van der Waals surface area contributed by atoms with Crippen molar-refractivity contribution in [2.75, 3.05) is 0 Å². The van der Waals surface area contributed by atoms with E-state index in [1.807, 2.05) is 0 Å². The van der Waals surface area contributed by atoms with E-state index in [0.29, 0.717) is 4.47 Å². The van der Waals surface area contributed by atoms with Crippen LogP contribution < -0.4 is 0 Å². The number of rotatable bonds is 3. The first-order valence-electron chi connectivity index (χ1n) is 4.11. The van der Waals surface area contributed by atoms with Crippen molar-refractivity contribution in [3.63, 3.8) is 0 Å². The molecule has 0 aliphatic rings. The lowest BCUT2D eigenvalue weighted by Crippen LogP contribution is -2.14. The van der Waals surface area contributed by atoms with Crippen molar-refractivity contribution in [1.29, 1.82) is 5.26 Å². The Balaban J connectivity index is 2.93. The normalized spacial score (nSPS) is 11.8. The molecule has 3 nitrogen and oxygen atoms in total. The minimum absolute atomic E-state index is 0.128. The highest BCUT2D eigenvalue weighted by Crippen LogP contribution is 2.18. The van der Waals surface area contributed by atoms with E-state index in [1.54, 1.807) is 6.07 Å². The van der Waals surface area contributed by atoms with E-state index in [-0.39, 0.29) is 12.0 Å². The summed E-state index contributed by atoms with van der Waals surface area (Å²) < 4.78 is 13.9. The fraction of sp³-hybridized carbons (Fsp3) is 0.200. The van der Waals surface area contributed by atoms with Crippen LogP contribution in [-0.4, -0.2) is 11.1 Å². The number of benzene rings is 1. The zero-order valence-corrected chi connectivity index (χ0v) is 9.16. The standard InChI is InChI=1S/C10H7BrFNO2/c11-8-1-2-9(12)6(4-8)3-7(5-13)10(14)15/h1-2,4,7H,3H2,(H,14,15)/t7-/m0/s1. The predicted octanol–water partition coefficient (Wildman–Crippen LogP) is 2.36. The van der Waals surface area contributed by atoms with Gasteiger partial charge in [-0.05, 0) is 23.8 Å². The molecule has 78 valence electrons. The number of aliphatic carboxylic acids is 1. The van der Waals surface area contributed by atoms with Crippen LogP contribution in [0.25, 0.3) is 0 Å². The van der Waals surface area contributed by atoms with Crippen LogP contribution in [0, 0.1) is 23.1 Å². The third-order valence-electron chi connectivity index (χ3n) is 1.89. The summed E-state index contributed by atoms with van der Waals surface area (Å²) in [5.41, 5.74) is 0.221. The molecule has 0 aliphatic carbocycles. The van der Waals surface area contributed by atoms with Gasteiger partial charge in [0.2, 0.25) is 0 Å². The smallest absolute Gasteiger partial charge is 0.321 e. The first-order valence-corrected chi connectivity index (χ1v) is 4.90. The molecule has 0 aliphatic heterocycles. The monoisotopic (exact) mass is 271 g/mol. The van der Waals surface area contributed by atoms with Gasteiger partial charge in [0.15, 0.2) is 0 Å². The highest BCUT2D eigenvalue weighted by atomic mass is 79.9. The molecule has 1 aromatic rings. The molecule has 0 aromatic heterocycles. The molecule has 0 heterocycles. The molecule has 1 rings (SSSR count). The van der Waals surface area contributed by atoms with Crippen molar-refractivity contribution < 1.29 is 14.3 Å². The molecule has 0 saturated carbocycles. The molecule has 1 atom stereocenters. The van der Waals surface area contributed by atoms with E-state index in [0.717, 1.165) is 0 Å². The highest BCUT2D eigenvalue weighted by molar-refractivity contribution is 9.10. The number of hydrogen-bond acceptors (Lipinski definition) is 2. The van der Waals surface area contributed by atoms with Crippen LogP contribution in [0.15, 0.2) is 22.7 Å². The second kappa shape index (κ2) is 4.89. The largest absolute Gasteiger partial charge is 0.480 e. The van der Waals surface area contributed by atoms with Crippen molar-refractivity contribution in [2.24, 2.45) is 5.92 Å². The van der Waals surface area contributed by atoms with E-state index >= 15 is 0 Å². The summed E-state index contributed by atoms with van der Waals surface area (Å²) in [7, 11) is 0. The summed E-state index contributed by atoms with van der Waals surface area (Å²) in [5.74, 6) is -2.95. The average molecular weight is 272 g/mol. The summed E-state index contributed by atoms with van der Waals surface area (Å²) in [5, 5.41) is 17.2. The van der Waals surface area contributed by atoms with Crippen LogP contribution in [0.1, 0.15) is 5.56 Å². The van der Waals surface area contributed by atoms with Crippen molar-refractivity contribution >= 4 is 21.9 Å². The van der Waals surface area contributed by atoms with E-state index < -0.39 is 17.7 Å². The zero-order chi connectivity index (χ0) is 11.4. The van der Waals surface area contributed by atoms with Gasteiger partial charge in [0.1, 0.15) is 11.7 Å². The van der Waals surface area contributed by atoms with E-state index in [4.69, 9.17) is 10.4 Å². The van der Waals surface area contributed by atoms with Gasteiger partial charge in [-0.25, -0.2) is 4.39 Å². The number of hydrogen-bond donors (Lipinski definition) is 1. The lowest BCUT2D eigenvalue weighted by molar-refractivity contribution is -0.139. The zero-order valence-electron chi connectivity index (χ0n) is 7.58. The van der Waals surface area contributed by atoms with Gasteiger partial charge in [-0.15, -0.1) is 0 Å². The molecule has 1 N–H and O–H groups in total. The fourth-order valence-electron chi connectivity index (χ4n) is 1.11. The molecular weight excluding hydrogens is 265 g/mol. The topological polar surface area (TPSA) is 61.1 Å². The Hall–Kier alpha value is -1.41. The Morgan fingerprint density at radius 2 is 2.33 bits per heavy atom. The van der Waals surface area contributed by atoms with Crippen LogP contribution in [0.5, 0.6) is 0 Å². The van der Waals surface area contributed by atoms with Gasteiger partial charge in [0, 0.05) is 10.9 Å². The van der Waals surface area contributed by atoms with Gasteiger partial charge >= 0.3 is 5.97 Å². The van der Waals surface area contributed by atoms with Crippen molar-refractivity contribution in [3.8, 4) is 6.07 Å². The summed E-state index contributed by atoms with van der Waals surface area (Å²) >= 11 is 3.15. The van der Waals surface area contributed by atoms with Gasteiger partial charge in [-0.2, -0.15) is 5.26 Å². The molecule has 0 saturated heterocycles. The molecule has 0 unspecified atom stereocenters. The van der Waals surface area contributed by atoms with Gasteiger partial charge in [0.05, 0.1) is 6.07 Å². The van der Waals surface area contributed by atoms with Gasteiger partial charge in [0.25, 0.3) is 0 Å². The SMILES string of the molecule is N#C[C@H](Cc1cc(Br)ccc1F)C(=O)O. The Bertz CT molecular complexity index is 428. The first kappa shape index (κ1) is 11.7. The quantitative estimate of drug-likeness (QED) is 0.918. The van der Waals surface area contributed by atoms with Crippen molar-refractivity contribution in [3.05, 3.63) is 34.1 Å². The minimum Gasteiger partial charge on any atom is -0.480 e. The van der Waals surface area contributed by atoms with E-state index in [9.17, 15) is 9.18 Å². The Morgan fingerprint density at radius 1 is 1.67 bits per heavy atom. The lowest BCUT2D eigenvalue weighted by Gasteiger charge is -2.05. The summed E-state index contributed by atoms with van der Waals surface area (Å²) in [6, 6.07) is 5.84. The third-order valence-corrected chi connectivity index (χ3v) is 2.38. The molecule has 1 aromatic carbocycles. The van der Waals surface area contributed by atoms with Gasteiger partial charge < -0.3 is 5.11 Å². The Labute approximate surface area is 94.3 Å². The number of nitrogens with zero attached hydrogens (tertiary/aromatic N) is 1. The second-order valence-corrected chi connectivity index (χ2v) is 3.88. The van der Waals surface area contributed by atoms with Crippen molar-refractivity contribution in [1.82, 2.24) is 0 Å². The average Bonchev–Trinajstić information content (AvgIpc) is 2.18. The second-order valence-electron chi connectivity index (χ2n) is 2.96. The number of carbonyl (C=O) groups is 1. The molecule has 15 heavy (non-hydrogen) atoms. The van der Waals surface area contributed by atoms with Gasteiger partial charge in [-0.1, -0.05) is 15.9 Å². The maximum absolute atomic E-state index is 13.2. The predicted molar refractivity (Wildman–Crippen MR) is 54.5 cm³/mol. The van der Waals surface area contributed by atoms with Crippen LogP contribution >= 0.6 is 15.9 Å². The number of carboxylic acids is 1. The summed E-state index contributed by atoms with van der Waals surface area (Å²) in [6.45, 7) is 0. The number of nitriles is 1. The van der Waals surface area contributed by atoms with E-state index in [2.05, 4.69) is 15.9 Å². The molecule has 0 spiro atoms. The Morgan fingerprint density at radius 3 is 2.87 bits per heavy atom. The summed E-state index contributed by atoms with van der Waals surface area (Å²) in [6.07, 6.45) is -0.128. The fourth-order valence-corrected chi connectivity index (χ4v) is 1.52. The lowest BCUT2D eigenvalue weighted by atomic mass is 10.0. The van der Waals surface area contributed by atoms with Crippen molar-refractivity contribution in [2.45, 2.75) is 6.42 Å². The molecule has 5 heteroatoms. The van der Waals surface area contributed by atoms with Crippen LogP contribution in [0.2, 0.25) is 0 Å². The van der Waals surface area contributed by atoms with Crippen LogP contribution in [0.3, 0.4) is 0 Å². The van der Waals surface area contributed by atoms with Crippen LogP contribution in [0.4, 0.5) is 4.39 Å². The molecule has 0 amide bonds. The molecule has 0 radical (unpaired) electrons. The van der Waals surface area contributed by atoms with E-state index in [1.165, 1.54) is 18.2 Å². The Kier molecular flexibility index (Phi) is 3.81. The maximum atomic E-state index is 13.2. The maximum Gasteiger partial charge on any atom is 0.321 e.